The van der Waals surface area contributed by atoms with Gasteiger partial charge in [-0.25, -0.2) is 8.42 Å². The minimum absolute atomic E-state index is 0.136. The number of aryl methyl sites for hydroxylation is 1. The Morgan fingerprint density at radius 3 is 2.67 bits per heavy atom. The highest BCUT2D eigenvalue weighted by Crippen LogP contribution is 2.36. The first-order valence-electron chi connectivity index (χ1n) is 7.65. The van der Waals surface area contributed by atoms with E-state index < -0.39 is 15.6 Å². The Morgan fingerprint density at radius 1 is 1.17 bits per heavy atom. The molecule has 0 aromatic heterocycles. The number of nitrogens with two attached hydrogens (primary N) is 1. The number of benzene rings is 2. The fraction of sp³-hybridized carbons (Fsp3) is 0.294. The van der Waals surface area contributed by atoms with Crippen LogP contribution in [0.5, 0.6) is 0 Å². The van der Waals surface area contributed by atoms with Gasteiger partial charge in [-0.1, -0.05) is 18.2 Å². The van der Waals surface area contributed by atoms with Crippen LogP contribution in [0.1, 0.15) is 30.0 Å². The molecule has 2 aromatic carbocycles. The molecule has 0 spiro atoms. The maximum Gasteiger partial charge on any atom is 0.341 e. The standard InChI is InChI=1S/C17H18F2N2O2S/c18-17(19)24(22,23)16-7-2-1-5-15(16)21-14-6-3-4-11-10-12(20)8-9-13(11)14/h1-2,5,7-10,14,17,21H,3-4,6,20H2. The molecule has 0 aliphatic heterocycles. The maximum atomic E-state index is 12.9. The van der Waals surface area contributed by atoms with Crippen molar-refractivity contribution in [2.24, 2.45) is 0 Å². The van der Waals surface area contributed by atoms with Gasteiger partial charge in [-0.2, -0.15) is 8.78 Å². The molecule has 1 unspecified atom stereocenters. The first kappa shape index (κ1) is 16.7. The summed E-state index contributed by atoms with van der Waals surface area (Å²) < 4.78 is 49.6. The van der Waals surface area contributed by atoms with Gasteiger partial charge < -0.3 is 11.1 Å². The van der Waals surface area contributed by atoms with E-state index in [2.05, 4.69) is 5.32 Å². The van der Waals surface area contributed by atoms with Gasteiger partial charge in [0.2, 0.25) is 9.84 Å². The lowest BCUT2D eigenvalue weighted by molar-refractivity contribution is 0.235. The van der Waals surface area contributed by atoms with Crippen molar-refractivity contribution in [3.63, 3.8) is 0 Å². The summed E-state index contributed by atoms with van der Waals surface area (Å²) in [5, 5.41) is 3.13. The Kier molecular flexibility index (Phi) is 4.45. The normalized spacial score (nSPS) is 17.5. The van der Waals surface area contributed by atoms with Crippen LogP contribution in [0.3, 0.4) is 0 Å². The number of para-hydroxylation sites is 1. The van der Waals surface area contributed by atoms with Gasteiger partial charge in [0.25, 0.3) is 0 Å². The van der Waals surface area contributed by atoms with E-state index in [1.807, 2.05) is 12.1 Å². The zero-order valence-electron chi connectivity index (χ0n) is 12.9. The molecule has 0 fully saturated rings. The van der Waals surface area contributed by atoms with Gasteiger partial charge in [0.15, 0.2) is 0 Å². The van der Waals surface area contributed by atoms with E-state index in [1.165, 1.54) is 18.2 Å². The van der Waals surface area contributed by atoms with Crippen LogP contribution < -0.4 is 11.1 Å². The highest BCUT2D eigenvalue weighted by atomic mass is 32.2. The van der Waals surface area contributed by atoms with Crippen molar-refractivity contribution in [2.45, 2.75) is 36.0 Å². The maximum absolute atomic E-state index is 12.9. The largest absolute Gasteiger partial charge is 0.399 e. The molecule has 4 nitrogen and oxygen atoms in total. The van der Waals surface area contributed by atoms with Crippen molar-refractivity contribution < 1.29 is 17.2 Å². The van der Waals surface area contributed by atoms with Crippen molar-refractivity contribution in [3.8, 4) is 0 Å². The molecule has 7 heteroatoms. The van der Waals surface area contributed by atoms with Gasteiger partial charge in [-0.05, 0) is 54.7 Å². The van der Waals surface area contributed by atoms with Gasteiger partial charge in [-0.3, -0.25) is 0 Å². The zero-order valence-corrected chi connectivity index (χ0v) is 13.7. The summed E-state index contributed by atoms with van der Waals surface area (Å²) in [4.78, 5) is -0.373. The summed E-state index contributed by atoms with van der Waals surface area (Å²) in [7, 11) is -4.66. The number of nitrogens with one attached hydrogen (secondary N) is 1. The number of rotatable bonds is 4. The predicted octanol–water partition coefficient (Wildman–Crippen LogP) is 3.75. The highest BCUT2D eigenvalue weighted by molar-refractivity contribution is 7.91. The van der Waals surface area contributed by atoms with Gasteiger partial charge in [0.1, 0.15) is 0 Å². The number of halogens is 2. The predicted molar refractivity (Wildman–Crippen MR) is 89.8 cm³/mol. The molecule has 1 atom stereocenters. The molecule has 24 heavy (non-hydrogen) atoms. The van der Waals surface area contributed by atoms with Crippen LogP contribution in [-0.4, -0.2) is 14.2 Å². The molecule has 0 radical (unpaired) electrons. The summed E-state index contributed by atoms with van der Waals surface area (Å²) in [6.07, 6.45) is 2.60. The second kappa shape index (κ2) is 6.39. The van der Waals surface area contributed by atoms with Crippen molar-refractivity contribution in [1.29, 1.82) is 0 Å². The number of nitrogen functional groups attached to an aromatic ring is 1. The van der Waals surface area contributed by atoms with E-state index in [9.17, 15) is 17.2 Å². The number of anilines is 2. The second-order valence-electron chi connectivity index (χ2n) is 5.85. The minimum Gasteiger partial charge on any atom is -0.399 e. The molecule has 0 amide bonds. The third kappa shape index (κ3) is 3.08. The van der Waals surface area contributed by atoms with Crippen molar-refractivity contribution >= 4 is 21.2 Å². The average Bonchev–Trinajstić information content (AvgIpc) is 2.55. The Morgan fingerprint density at radius 2 is 1.92 bits per heavy atom. The Bertz CT molecular complexity index is 853. The Balaban J connectivity index is 1.97. The second-order valence-corrected chi connectivity index (χ2v) is 7.74. The summed E-state index contributed by atoms with van der Waals surface area (Å²) in [5.41, 5.74) is 8.82. The van der Waals surface area contributed by atoms with Crippen LogP contribution in [0.25, 0.3) is 0 Å². The minimum atomic E-state index is -4.66. The molecule has 1 aliphatic carbocycles. The van der Waals surface area contributed by atoms with E-state index >= 15 is 0 Å². The van der Waals surface area contributed by atoms with E-state index in [1.54, 1.807) is 12.1 Å². The molecule has 0 bridgehead atoms. The Labute approximate surface area is 139 Å². The fourth-order valence-corrected chi connectivity index (χ4v) is 4.00. The molecule has 1 aliphatic rings. The molecule has 2 aromatic rings. The topological polar surface area (TPSA) is 72.2 Å². The first-order valence-corrected chi connectivity index (χ1v) is 9.20. The number of fused-ring (bicyclic) bond motifs is 1. The molecule has 3 N–H and O–H groups in total. The van der Waals surface area contributed by atoms with Gasteiger partial charge in [0, 0.05) is 5.69 Å². The van der Waals surface area contributed by atoms with Crippen molar-refractivity contribution in [1.82, 2.24) is 0 Å². The third-order valence-electron chi connectivity index (χ3n) is 4.24. The molecule has 0 saturated carbocycles. The third-order valence-corrected chi connectivity index (χ3v) is 5.68. The van der Waals surface area contributed by atoms with E-state index in [0.29, 0.717) is 5.69 Å². The van der Waals surface area contributed by atoms with Crippen molar-refractivity contribution in [2.75, 3.05) is 11.1 Å². The summed E-state index contributed by atoms with van der Waals surface area (Å²) in [6, 6.07) is 11.3. The van der Waals surface area contributed by atoms with Crippen LogP contribution in [0.4, 0.5) is 20.2 Å². The van der Waals surface area contributed by atoms with Gasteiger partial charge >= 0.3 is 5.76 Å². The summed E-state index contributed by atoms with van der Waals surface area (Å²) in [5.74, 6) is -3.45. The van der Waals surface area contributed by atoms with Gasteiger partial charge in [-0.15, -0.1) is 0 Å². The Hall–Kier alpha value is -2.15. The van der Waals surface area contributed by atoms with Crippen LogP contribution >= 0.6 is 0 Å². The van der Waals surface area contributed by atoms with E-state index in [-0.39, 0.29) is 16.6 Å². The molecule has 3 rings (SSSR count). The average molecular weight is 352 g/mol. The molecular formula is C17H18F2N2O2S. The number of hydrogen-bond acceptors (Lipinski definition) is 4. The molecule has 0 heterocycles. The smallest absolute Gasteiger partial charge is 0.341 e. The number of hydrogen-bond donors (Lipinski definition) is 2. The van der Waals surface area contributed by atoms with Crippen LogP contribution in [-0.2, 0) is 16.3 Å². The van der Waals surface area contributed by atoms with Crippen LogP contribution in [0.2, 0.25) is 0 Å². The summed E-state index contributed by atoms with van der Waals surface area (Å²) >= 11 is 0. The van der Waals surface area contributed by atoms with Crippen molar-refractivity contribution in [3.05, 3.63) is 53.6 Å². The monoisotopic (exact) mass is 352 g/mol. The van der Waals surface area contributed by atoms with Crippen LogP contribution in [0, 0.1) is 0 Å². The summed E-state index contributed by atoms with van der Waals surface area (Å²) in [6.45, 7) is 0. The highest BCUT2D eigenvalue weighted by Gasteiger charge is 2.30. The van der Waals surface area contributed by atoms with Crippen LogP contribution in [0.15, 0.2) is 47.4 Å². The molecule has 128 valence electrons. The van der Waals surface area contributed by atoms with E-state index in [4.69, 9.17) is 5.73 Å². The SMILES string of the molecule is Nc1ccc2c(c1)CCCC2Nc1ccccc1S(=O)(=O)C(F)F. The quantitative estimate of drug-likeness (QED) is 0.822. The zero-order chi connectivity index (χ0) is 17.3. The lowest BCUT2D eigenvalue weighted by Crippen LogP contribution is -2.20. The number of alkyl halides is 2. The fourth-order valence-electron chi connectivity index (χ4n) is 3.10. The number of sulfone groups is 1. The first-order chi connectivity index (χ1) is 11.4. The molecule has 0 saturated heterocycles. The lowest BCUT2D eigenvalue weighted by Gasteiger charge is -2.28. The van der Waals surface area contributed by atoms with Gasteiger partial charge in [0.05, 0.1) is 16.6 Å². The molecular weight excluding hydrogens is 334 g/mol. The van der Waals surface area contributed by atoms with E-state index in [0.717, 1.165) is 30.4 Å². The lowest BCUT2D eigenvalue weighted by atomic mass is 9.87.